The highest BCUT2D eigenvalue weighted by Gasteiger charge is 2.22. The van der Waals surface area contributed by atoms with E-state index < -0.39 is 0 Å². The van der Waals surface area contributed by atoms with Crippen LogP contribution in [-0.2, 0) is 0 Å². The number of para-hydroxylation sites is 1. The van der Waals surface area contributed by atoms with Gasteiger partial charge in [-0.3, -0.25) is 0 Å². The lowest BCUT2D eigenvalue weighted by Gasteiger charge is -2.18. The molecule has 10 rings (SSSR count). The molecule has 46 heavy (non-hydrogen) atoms. The number of hydrogen-bond acceptors (Lipinski definition) is 2. The predicted molar refractivity (Wildman–Crippen MR) is 192 cm³/mol. The number of hydrogen-bond donors (Lipinski definition) is 0. The Bertz CT molecular complexity index is 2720. The normalized spacial score (nSPS) is 11.9. The molecule has 0 aliphatic rings. The van der Waals surface area contributed by atoms with Crippen molar-refractivity contribution in [3.8, 4) is 33.4 Å². The van der Waals surface area contributed by atoms with Crippen molar-refractivity contribution in [1.82, 2.24) is 0 Å². The molecule has 2 heteroatoms. The SMILES string of the molecule is c1ccc(-c2ccc(-c3c4ccccc4c(-c4cccc5oc6ccc7c8ccccc8oc7c6c45)c4ccccc34)cc2)cc1. The van der Waals surface area contributed by atoms with Crippen molar-refractivity contribution in [2.75, 3.05) is 0 Å². The molecule has 2 heterocycles. The van der Waals surface area contributed by atoms with Crippen molar-refractivity contribution >= 4 is 65.4 Å². The van der Waals surface area contributed by atoms with E-state index in [1.165, 1.54) is 49.4 Å². The zero-order valence-corrected chi connectivity index (χ0v) is 24.8. The van der Waals surface area contributed by atoms with Gasteiger partial charge in [-0.15, -0.1) is 0 Å². The summed E-state index contributed by atoms with van der Waals surface area (Å²) in [6, 6.07) is 56.1. The molecule has 10 aromatic rings. The first-order valence-electron chi connectivity index (χ1n) is 15.7. The Morgan fingerprint density at radius 2 is 0.826 bits per heavy atom. The van der Waals surface area contributed by atoms with E-state index in [0.717, 1.165) is 49.4 Å². The van der Waals surface area contributed by atoms with Crippen LogP contribution in [-0.4, -0.2) is 0 Å². The van der Waals surface area contributed by atoms with E-state index in [2.05, 4.69) is 146 Å². The minimum absolute atomic E-state index is 0.831. The second kappa shape index (κ2) is 9.69. The predicted octanol–water partition coefficient (Wildman–Crippen LogP) is 12.8. The van der Waals surface area contributed by atoms with Gasteiger partial charge >= 0.3 is 0 Å². The molecule has 8 aromatic carbocycles. The monoisotopic (exact) mass is 586 g/mol. The number of furan rings is 2. The molecule has 0 aliphatic carbocycles. The molecule has 2 nitrogen and oxygen atoms in total. The Hall–Kier alpha value is -6.12. The van der Waals surface area contributed by atoms with Gasteiger partial charge in [-0.1, -0.05) is 133 Å². The molecule has 0 N–H and O–H groups in total. The fraction of sp³-hybridized carbons (Fsp3) is 0. The van der Waals surface area contributed by atoms with Crippen molar-refractivity contribution < 1.29 is 8.83 Å². The summed E-state index contributed by atoms with van der Waals surface area (Å²) >= 11 is 0. The molecule has 0 saturated carbocycles. The highest BCUT2D eigenvalue weighted by Crippen LogP contribution is 2.48. The lowest BCUT2D eigenvalue weighted by molar-refractivity contribution is 0.663. The Balaban J connectivity index is 1.30. The lowest BCUT2D eigenvalue weighted by Crippen LogP contribution is -1.91. The summed E-state index contributed by atoms with van der Waals surface area (Å²) in [6.45, 7) is 0. The first kappa shape index (κ1) is 25.2. The maximum absolute atomic E-state index is 6.56. The topological polar surface area (TPSA) is 26.3 Å². The molecule has 0 saturated heterocycles. The zero-order chi connectivity index (χ0) is 30.2. The smallest absolute Gasteiger partial charge is 0.147 e. The highest BCUT2D eigenvalue weighted by molar-refractivity contribution is 6.29. The van der Waals surface area contributed by atoms with Gasteiger partial charge in [-0.05, 0) is 79.2 Å². The van der Waals surface area contributed by atoms with Gasteiger partial charge in [0.25, 0.3) is 0 Å². The van der Waals surface area contributed by atoms with Crippen LogP contribution in [0.25, 0.3) is 98.8 Å². The Kier molecular flexibility index (Phi) is 5.31. The summed E-state index contributed by atoms with van der Waals surface area (Å²) in [5, 5.41) is 9.19. The second-order valence-corrected chi connectivity index (χ2v) is 12.0. The van der Waals surface area contributed by atoms with E-state index in [0.29, 0.717) is 0 Å². The molecule has 0 aliphatic heterocycles. The summed E-state index contributed by atoms with van der Waals surface area (Å²) in [4.78, 5) is 0. The molecule has 0 atom stereocenters. The molecule has 2 aromatic heterocycles. The van der Waals surface area contributed by atoms with E-state index in [1.54, 1.807) is 0 Å². The third kappa shape index (κ3) is 3.59. The summed E-state index contributed by atoms with van der Waals surface area (Å²) in [7, 11) is 0. The van der Waals surface area contributed by atoms with Gasteiger partial charge in [0.05, 0.1) is 5.39 Å². The Morgan fingerprint density at radius 1 is 0.283 bits per heavy atom. The maximum atomic E-state index is 6.56. The molecule has 0 amide bonds. The van der Waals surface area contributed by atoms with E-state index in [9.17, 15) is 0 Å². The molecular weight excluding hydrogens is 560 g/mol. The van der Waals surface area contributed by atoms with Gasteiger partial charge in [-0.25, -0.2) is 0 Å². The van der Waals surface area contributed by atoms with Crippen LogP contribution >= 0.6 is 0 Å². The van der Waals surface area contributed by atoms with Crippen LogP contribution in [0.5, 0.6) is 0 Å². The van der Waals surface area contributed by atoms with E-state index in [1.807, 2.05) is 12.1 Å². The molecule has 214 valence electrons. The zero-order valence-electron chi connectivity index (χ0n) is 24.8. The van der Waals surface area contributed by atoms with Crippen LogP contribution in [0.2, 0.25) is 0 Å². The minimum atomic E-state index is 0.831. The average molecular weight is 587 g/mol. The fourth-order valence-electron chi connectivity index (χ4n) is 7.48. The third-order valence-corrected chi connectivity index (χ3v) is 9.49. The minimum Gasteiger partial charge on any atom is -0.456 e. The van der Waals surface area contributed by atoms with E-state index in [-0.39, 0.29) is 0 Å². The summed E-state index contributed by atoms with van der Waals surface area (Å²) < 4.78 is 13.1. The van der Waals surface area contributed by atoms with Gasteiger partial charge in [-0.2, -0.15) is 0 Å². The Labute approximate surface area is 264 Å². The molecule has 0 bridgehead atoms. The van der Waals surface area contributed by atoms with E-state index >= 15 is 0 Å². The fourth-order valence-corrected chi connectivity index (χ4v) is 7.48. The molecule has 0 spiro atoms. The highest BCUT2D eigenvalue weighted by atomic mass is 16.3. The van der Waals surface area contributed by atoms with Gasteiger partial charge in [0.15, 0.2) is 0 Å². The quantitative estimate of drug-likeness (QED) is 0.193. The third-order valence-electron chi connectivity index (χ3n) is 9.49. The molecule has 0 fully saturated rings. The first-order chi connectivity index (χ1) is 22.8. The van der Waals surface area contributed by atoms with Crippen LogP contribution in [0.15, 0.2) is 167 Å². The number of rotatable bonds is 3. The molecular formula is C44H26O2. The summed E-state index contributed by atoms with van der Waals surface area (Å²) in [6.07, 6.45) is 0. The van der Waals surface area contributed by atoms with Crippen LogP contribution in [0.3, 0.4) is 0 Å². The van der Waals surface area contributed by atoms with Crippen LogP contribution in [0, 0.1) is 0 Å². The van der Waals surface area contributed by atoms with Crippen LogP contribution in [0.1, 0.15) is 0 Å². The van der Waals surface area contributed by atoms with Gasteiger partial charge in [0.2, 0.25) is 0 Å². The number of benzene rings is 8. The maximum Gasteiger partial charge on any atom is 0.147 e. The standard InChI is InChI=1S/C44H26O2/c1-2-11-27(12-3-1)28-21-23-29(24-22-28)40-31-14-4-6-16-33(31)41(34-17-7-5-15-32(34)40)36-18-10-20-38-42(36)43-39(45-38)26-25-35-30-13-8-9-19-37(30)46-44(35)43/h1-26H. The largest absolute Gasteiger partial charge is 0.456 e. The van der Waals surface area contributed by atoms with Gasteiger partial charge < -0.3 is 8.83 Å². The van der Waals surface area contributed by atoms with Gasteiger partial charge in [0.1, 0.15) is 22.3 Å². The number of fused-ring (bicyclic) bond motifs is 9. The van der Waals surface area contributed by atoms with E-state index in [4.69, 9.17) is 8.83 Å². The van der Waals surface area contributed by atoms with Gasteiger partial charge in [0, 0.05) is 16.2 Å². The lowest BCUT2D eigenvalue weighted by atomic mass is 9.84. The summed E-state index contributed by atoms with van der Waals surface area (Å²) in [5.41, 5.74) is 10.7. The van der Waals surface area contributed by atoms with Crippen molar-refractivity contribution in [3.63, 3.8) is 0 Å². The van der Waals surface area contributed by atoms with Crippen molar-refractivity contribution in [1.29, 1.82) is 0 Å². The molecule has 0 unspecified atom stereocenters. The van der Waals surface area contributed by atoms with Crippen LogP contribution < -0.4 is 0 Å². The second-order valence-electron chi connectivity index (χ2n) is 12.0. The first-order valence-corrected chi connectivity index (χ1v) is 15.7. The summed E-state index contributed by atoms with van der Waals surface area (Å²) in [5.74, 6) is 0. The van der Waals surface area contributed by atoms with Crippen molar-refractivity contribution in [3.05, 3.63) is 158 Å². The Morgan fingerprint density at radius 3 is 1.54 bits per heavy atom. The van der Waals surface area contributed by atoms with Crippen molar-refractivity contribution in [2.24, 2.45) is 0 Å². The average Bonchev–Trinajstić information content (AvgIpc) is 3.70. The van der Waals surface area contributed by atoms with Crippen molar-refractivity contribution in [2.45, 2.75) is 0 Å². The van der Waals surface area contributed by atoms with Crippen LogP contribution in [0.4, 0.5) is 0 Å². The molecule has 0 radical (unpaired) electrons.